The Morgan fingerprint density at radius 1 is 1.21 bits per heavy atom. The molecule has 1 fully saturated rings. The second-order valence-corrected chi connectivity index (χ2v) is 4.21. The number of quaternary nitrogens is 1. The molecule has 0 radical (unpaired) electrons. The molecule has 74 valence electrons. The summed E-state index contributed by atoms with van der Waals surface area (Å²) in [5, 5.41) is 0. The third kappa shape index (κ3) is 1.61. The van der Waals surface area contributed by atoms with Crippen molar-refractivity contribution in [3.8, 4) is 0 Å². The van der Waals surface area contributed by atoms with Crippen LogP contribution in [0.3, 0.4) is 0 Å². The van der Waals surface area contributed by atoms with Gasteiger partial charge in [-0.1, -0.05) is 37.1 Å². The Kier molecular flexibility index (Phi) is 2.72. The van der Waals surface area contributed by atoms with E-state index in [1.807, 2.05) is 12.2 Å². The standard InChI is InChI=1S/C13H17N/c14-11-13(9-5-6-10-13)12-7-3-1-2-4-8-12/h1-4,7H,5-6,9-11,14H2/p+1. The van der Waals surface area contributed by atoms with Crippen LogP contribution in [-0.2, 0) is 0 Å². The molecule has 0 spiro atoms. The molecular weight excluding hydrogens is 170 g/mol. The van der Waals surface area contributed by atoms with E-state index in [0.717, 1.165) is 6.54 Å². The van der Waals surface area contributed by atoms with Crippen molar-refractivity contribution in [1.29, 1.82) is 0 Å². The summed E-state index contributed by atoms with van der Waals surface area (Å²) in [5.74, 6) is 0. The van der Waals surface area contributed by atoms with Crippen LogP contribution >= 0.6 is 0 Å². The van der Waals surface area contributed by atoms with Crippen LogP contribution in [0.1, 0.15) is 25.7 Å². The van der Waals surface area contributed by atoms with Crippen LogP contribution in [0.5, 0.6) is 0 Å². The lowest BCUT2D eigenvalue weighted by Crippen LogP contribution is -2.58. The molecule has 3 N–H and O–H groups in total. The first kappa shape index (κ1) is 9.51. The first-order valence-corrected chi connectivity index (χ1v) is 5.47. The Balaban J connectivity index is 2.32. The van der Waals surface area contributed by atoms with E-state index in [1.54, 1.807) is 0 Å². The minimum atomic E-state index is 0.332. The van der Waals surface area contributed by atoms with E-state index in [4.69, 9.17) is 0 Å². The molecule has 0 unspecified atom stereocenters. The molecule has 0 heterocycles. The SMILES string of the molecule is [NH3+]CC1(C2=C=CC=CC=C2)CCCC1. The van der Waals surface area contributed by atoms with Gasteiger partial charge in [0.05, 0.1) is 12.0 Å². The number of rotatable bonds is 2. The fourth-order valence-corrected chi connectivity index (χ4v) is 2.49. The summed E-state index contributed by atoms with van der Waals surface area (Å²) in [5.41, 5.74) is 9.20. The summed E-state index contributed by atoms with van der Waals surface area (Å²) in [6.07, 6.45) is 15.7. The van der Waals surface area contributed by atoms with Crippen molar-refractivity contribution in [2.45, 2.75) is 25.7 Å². The van der Waals surface area contributed by atoms with Gasteiger partial charge in [0.1, 0.15) is 0 Å². The highest BCUT2D eigenvalue weighted by atomic mass is 14.6. The van der Waals surface area contributed by atoms with Gasteiger partial charge in [-0.05, 0) is 18.9 Å². The van der Waals surface area contributed by atoms with Crippen LogP contribution in [-0.4, -0.2) is 6.54 Å². The maximum atomic E-state index is 4.12. The highest BCUT2D eigenvalue weighted by molar-refractivity contribution is 5.33. The summed E-state index contributed by atoms with van der Waals surface area (Å²) in [7, 11) is 0. The highest BCUT2D eigenvalue weighted by Crippen LogP contribution is 2.43. The molecule has 1 nitrogen and oxygen atoms in total. The Labute approximate surface area is 85.7 Å². The van der Waals surface area contributed by atoms with Crippen molar-refractivity contribution in [1.82, 2.24) is 0 Å². The number of hydrogen-bond donors (Lipinski definition) is 1. The second-order valence-electron chi connectivity index (χ2n) is 4.21. The zero-order valence-corrected chi connectivity index (χ0v) is 8.63. The molecule has 1 heteroatoms. The quantitative estimate of drug-likeness (QED) is 0.642. The summed E-state index contributed by atoms with van der Waals surface area (Å²) in [6.45, 7) is 1.01. The fraction of sp³-hybridized carbons (Fsp3) is 0.462. The van der Waals surface area contributed by atoms with Gasteiger partial charge in [-0.2, -0.15) is 0 Å². The van der Waals surface area contributed by atoms with E-state index in [-0.39, 0.29) is 0 Å². The zero-order valence-electron chi connectivity index (χ0n) is 8.63. The molecule has 0 aromatic carbocycles. The zero-order chi connectivity index (χ0) is 9.86. The monoisotopic (exact) mass is 188 g/mol. The smallest absolute Gasteiger partial charge is 0.0844 e. The van der Waals surface area contributed by atoms with Gasteiger partial charge in [-0.3, -0.25) is 0 Å². The van der Waals surface area contributed by atoms with E-state index in [2.05, 4.69) is 29.7 Å². The normalized spacial score (nSPS) is 23.6. The van der Waals surface area contributed by atoms with Gasteiger partial charge < -0.3 is 5.73 Å². The van der Waals surface area contributed by atoms with Gasteiger partial charge in [-0.15, -0.1) is 5.73 Å². The summed E-state index contributed by atoms with van der Waals surface area (Å²) in [4.78, 5) is 0. The van der Waals surface area contributed by atoms with Crippen molar-refractivity contribution >= 4 is 0 Å². The Bertz CT molecular complexity index is 321. The van der Waals surface area contributed by atoms with E-state index >= 15 is 0 Å². The molecule has 0 saturated heterocycles. The van der Waals surface area contributed by atoms with Gasteiger partial charge in [0.2, 0.25) is 0 Å². The van der Waals surface area contributed by atoms with Crippen LogP contribution in [0, 0.1) is 5.41 Å². The molecule has 0 amide bonds. The van der Waals surface area contributed by atoms with Crippen molar-refractivity contribution in [3.63, 3.8) is 0 Å². The lowest BCUT2D eigenvalue weighted by molar-refractivity contribution is -0.388. The van der Waals surface area contributed by atoms with Crippen molar-refractivity contribution in [2.24, 2.45) is 5.41 Å². The third-order valence-electron chi connectivity index (χ3n) is 3.43. The van der Waals surface area contributed by atoms with Gasteiger partial charge in [0.15, 0.2) is 0 Å². The van der Waals surface area contributed by atoms with Crippen LogP contribution in [0.15, 0.2) is 41.7 Å². The maximum absolute atomic E-state index is 4.12. The molecule has 0 aromatic rings. The molecular formula is C13H18N+. The summed E-state index contributed by atoms with van der Waals surface area (Å²) >= 11 is 0. The lowest BCUT2D eigenvalue weighted by Gasteiger charge is -2.24. The van der Waals surface area contributed by atoms with Crippen LogP contribution < -0.4 is 5.73 Å². The number of hydrogen-bond acceptors (Lipinski definition) is 0. The second kappa shape index (κ2) is 4.00. The molecule has 14 heavy (non-hydrogen) atoms. The predicted molar refractivity (Wildman–Crippen MR) is 58.5 cm³/mol. The average Bonchev–Trinajstić information content (AvgIpc) is 2.54. The molecule has 0 aromatic heterocycles. The minimum absolute atomic E-state index is 0.332. The Morgan fingerprint density at radius 2 is 2.00 bits per heavy atom. The first-order valence-electron chi connectivity index (χ1n) is 5.47. The van der Waals surface area contributed by atoms with Crippen LogP contribution in [0.25, 0.3) is 0 Å². The fourth-order valence-electron chi connectivity index (χ4n) is 2.49. The average molecular weight is 188 g/mol. The summed E-state index contributed by atoms with van der Waals surface area (Å²) in [6, 6.07) is 0. The van der Waals surface area contributed by atoms with Gasteiger partial charge in [-0.25, -0.2) is 0 Å². The third-order valence-corrected chi connectivity index (χ3v) is 3.43. The molecule has 0 aliphatic heterocycles. The topological polar surface area (TPSA) is 27.6 Å². The van der Waals surface area contributed by atoms with Crippen molar-refractivity contribution in [2.75, 3.05) is 6.54 Å². The van der Waals surface area contributed by atoms with Gasteiger partial charge in [0, 0.05) is 5.57 Å². The van der Waals surface area contributed by atoms with Crippen molar-refractivity contribution in [3.05, 3.63) is 41.7 Å². The lowest BCUT2D eigenvalue weighted by atomic mass is 9.78. The Hall–Kier alpha value is -1.04. The molecule has 2 rings (SSSR count). The minimum Gasteiger partial charge on any atom is -0.357 e. The number of allylic oxidation sites excluding steroid dienone is 4. The molecule has 2 aliphatic rings. The maximum Gasteiger partial charge on any atom is 0.0844 e. The van der Waals surface area contributed by atoms with E-state index in [1.165, 1.54) is 31.3 Å². The first-order chi connectivity index (χ1) is 6.87. The van der Waals surface area contributed by atoms with E-state index in [0.29, 0.717) is 5.41 Å². The van der Waals surface area contributed by atoms with Crippen LogP contribution in [0.4, 0.5) is 0 Å². The molecule has 0 atom stereocenters. The van der Waals surface area contributed by atoms with Gasteiger partial charge in [0.25, 0.3) is 0 Å². The van der Waals surface area contributed by atoms with Gasteiger partial charge >= 0.3 is 0 Å². The predicted octanol–water partition coefficient (Wildman–Crippen LogP) is 2.00. The Morgan fingerprint density at radius 3 is 2.71 bits per heavy atom. The van der Waals surface area contributed by atoms with Crippen LogP contribution in [0.2, 0.25) is 0 Å². The molecule has 2 aliphatic carbocycles. The van der Waals surface area contributed by atoms with E-state index in [9.17, 15) is 0 Å². The summed E-state index contributed by atoms with van der Waals surface area (Å²) < 4.78 is 0. The largest absolute Gasteiger partial charge is 0.357 e. The van der Waals surface area contributed by atoms with E-state index < -0.39 is 0 Å². The van der Waals surface area contributed by atoms with Crippen molar-refractivity contribution < 1.29 is 5.73 Å². The molecule has 1 saturated carbocycles. The highest BCUT2D eigenvalue weighted by Gasteiger charge is 2.37. The molecule has 0 bridgehead atoms.